The minimum Gasteiger partial charge on any atom is -0.492 e. The Balaban J connectivity index is 0.00000385. The van der Waals surface area contributed by atoms with Crippen molar-refractivity contribution < 1.29 is 9.47 Å². The second-order valence-electron chi connectivity index (χ2n) is 7.94. The Hall–Kier alpha value is -1.85. The van der Waals surface area contributed by atoms with Gasteiger partial charge in [0.1, 0.15) is 18.5 Å². The van der Waals surface area contributed by atoms with Gasteiger partial charge in [-0.2, -0.15) is 5.10 Å². The predicted octanol–water partition coefficient (Wildman–Crippen LogP) is 3.30. The van der Waals surface area contributed by atoms with Crippen molar-refractivity contribution in [2.75, 3.05) is 52.5 Å². The molecule has 0 aliphatic carbocycles. The third-order valence-corrected chi connectivity index (χ3v) is 5.70. The van der Waals surface area contributed by atoms with E-state index in [0.29, 0.717) is 19.8 Å². The Morgan fingerprint density at radius 1 is 1.24 bits per heavy atom. The fraction of sp³-hybridized carbons (Fsp3) is 0.583. The average molecular weight is 571 g/mol. The third kappa shape index (κ3) is 8.46. The van der Waals surface area contributed by atoms with Crippen molar-refractivity contribution in [3.63, 3.8) is 0 Å². The van der Waals surface area contributed by atoms with Crippen LogP contribution in [0.4, 0.5) is 0 Å². The van der Waals surface area contributed by atoms with E-state index in [0.717, 1.165) is 62.1 Å². The molecule has 33 heavy (non-hydrogen) atoms. The molecule has 1 saturated heterocycles. The normalized spacial score (nSPS) is 16.6. The van der Waals surface area contributed by atoms with Crippen molar-refractivity contribution in [1.82, 2.24) is 24.9 Å². The molecule has 0 bridgehead atoms. The first-order valence-electron chi connectivity index (χ1n) is 11.7. The van der Waals surface area contributed by atoms with E-state index >= 15 is 0 Å². The molecule has 0 saturated carbocycles. The van der Waals surface area contributed by atoms with Gasteiger partial charge in [-0.15, -0.1) is 24.0 Å². The van der Waals surface area contributed by atoms with Crippen LogP contribution in [0.15, 0.2) is 41.7 Å². The molecule has 0 spiro atoms. The molecular weight excluding hydrogens is 531 g/mol. The SMILES string of the molecule is CCNC(=NCc1ccc(OCCN(CC)CC)cc1)N1CCOC(c2cnn(C)c2)C1.I. The highest BCUT2D eigenvalue weighted by Gasteiger charge is 2.25. The van der Waals surface area contributed by atoms with Crippen LogP contribution in [-0.4, -0.2) is 78.0 Å². The summed E-state index contributed by atoms with van der Waals surface area (Å²) < 4.78 is 13.7. The number of halogens is 1. The van der Waals surface area contributed by atoms with Crippen LogP contribution in [0.25, 0.3) is 0 Å². The van der Waals surface area contributed by atoms with Gasteiger partial charge < -0.3 is 24.6 Å². The lowest BCUT2D eigenvalue weighted by Crippen LogP contribution is -2.48. The molecule has 1 fully saturated rings. The van der Waals surface area contributed by atoms with Crippen LogP contribution in [-0.2, 0) is 18.3 Å². The van der Waals surface area contributed by atoms with E-state index in [4.69, 9.17) is 14.5 Å². The molecule has 3 rings (SSSR count). The van der Waals surface area contributed by atoms with Gasteiger partial charge in [0, 0.05) is 38.4 Å². The molecule has 0 amide bonds. The number of hydrogen-bond donors (Lipinski definition) is 1. The van der Waals surface area contributed by atoms with Crippen molar-refractivity contribution in [3.8, 4) is 5.75 Å². The smallest absolute Gasteiger partial charge is 0.194 e. The molecular formula is C24H39IN6O2. The van der Waals surface area contributed by atoms with Crippen LogP contribution in [0.2, 0.25) is 0 Å². The fourth-order valence-corrected chi connectivity index (χ4v) is 3.77. The van der Waals surface area contributed by atoms with Crippen LogP contribution in [0.1, 0.15) is 38.0 Å². The van der Waals surface area contributed by atoms with E-state index in [1.807, 2.05) is 36.3 Å². The molecule has 184 valence electrons. The molecule has 2 aromatic rings. The molecule has 1 atom stereocenters. The number of nitrogens with zero attached hydrogens (tertiary/aromatic N) is 5. The maximum atomic E-state index is 5.98. The third-order valence-electron chi connectivity index (χ3n) is 5.70. The van der Waals surface area contributed by atoms with Gasteiger partial charge >= 0.3 is 0 Å². The highest BCUT2D eigenvalue weighted by Crippen LogP contribution is 2.22. The summed E-state index contributed by atoms with van der Waals surface area (Å²) in [7, 11) is 1.93. The number of ether oxygens (including phenoxy) is 2. The van der Waals surface area contributed by atoms with E-state index in [9.17, 15) is 0 Å². The second-order valence-corrected chi connectivity index (χ2v) is 7.94. The Morgan fingerprint density at radius 2 is 2.00 bits per heavy atom. The van der Waals surface area contributed by atoms with E-state index < -0.39 is 0 Å². The quantitative estimate of drug-likeness (QED) is 0.269. The van der Waals surface area contributed by atoms with Crippen molar-refractivity contribution in [1.29, 1.82) is 0 Å². The number of likely N-dealkylation sites (N-methyl/N-ethyl adjacent to an activating group) is 1. The molecule has 1 N–H and O–H groups in total. The highest BCUT2D eigenvalue weighted by molar-refractivity contribution is 14.0. The van der Waals surface area contributed by atoms with Gasteiger partial charge in [0.25, 0.3) is 0 Å². The lowest BCUT2D eigenvalue weighted by molar-refractivity contribution is -0.00805. The molecule has 2 heterocycles. The molecule has 1 unspecified atom stereocenters. The minimum absolute atomic E-state index is 0. The number of aliphatic imine (C=N–C) groups is 1. The summed E-state index contributed by atoms with van der Waals surface area (Å²) >= 11 is 0. The zero-order valence-electron chi connectivity index (χ0n) is 20.4. The number of morpholine rings is 1. The number of benzene rings is 1. The Morgan fingerprint density at radius 3 is 2.64 bits per heavy atom. The number of hydrogen-bond acceptors (Lipinski definition) is 5. The maximum absolute atomic E-state index is 5.98. The van der Waals surface area contributed by atoms with Crippen molar-refractivity contribution in [3.05, 3.63) is 47.8 Å². The first-order chi connectivity index (χ1) is 15.6. The minimum atomic E-state index is 0. The molecule has 1 aromatic heterocycles. The van der Waals surface area contributed by atoms with Gasteiger partial charge in [0.2, 0.25) is 0 Å². The van der Waals surface area contributed by atoms with Crippen LogP contribution in [0.3, 0.4) is 0 Å². The zero-order chi connectivity index (χ0) is 22.8. The van der Waals surface area contributed by atoms with Gasteiger partial charge in [-0.1, -0.05) is 26.0 Å². The standard InChI is InChI=1S/C24H38N6O2.HI/c1-5-25-24(30-13-15-32-23(19-30)21-17-27-28(4)18-21)26-16-20-8-10-22(11-9-20)31-14-12-29(6-2)7-3;/h8-11,17-18,23H,5-7,12-16,19H2,1-4H3,(H,25,26);1H. The first kappa shape index (κ1) is 27.4. The van der Waals surface area contributed by atoms with E-state index in [1.54, 1.807) is 0 Å². The monoisotopic (exact) mass is 570 g/mol. The number of guanidine groups is 1. The number of nitrogens with one attached hydrogen (secondary N) is 1. The number of rotatable bonds is 10. The first-order valence-corrected chi connectivity index (χ1v) is 11.7. The molecule has 1 aromatic carbocycles. The summed E-state index contributed by atoms with van der Waals surface area (Å²) in [5, 5.41) is 7.71. The lowest BCUT2D eigenvalue weighted by atomic mass is 10.1. The van der Waals surface area contributed by atoms with E-state index in [2.05, 4.69) is 53.1 Å². The van der Waals surface area contributed by atoms with Crippen LogP contribution < -0.4 is 10.1 Å². The van der Waals surface area contributed by atoms with Crippen molar-refractivity contribution in [2.24, 2.45) is 12.0 Å². The summed E-state index contributed by atoms with van der Waals surface area (Å²) in [4.78, 5) is 9.52. The predicted molar refractivity (Wildman–Crippen MR) is 143 cm³/mol. The largest absolute Gasteiger partial charge is 0.492 e. The summed E-state index contributed by atoms with van der Waals surface area (Å²) in [6, 6.07) is 8.26. The topological polar surface area (TPSA) is 67.2 Å². The fourth-order valence-electron chi connectivity index (χ4n) is 3.77. The average Bonchev–Trinajstić information content (AvgIpc) is 3.27. The molecule has 1 aliphatic rings. The summed E-state index contributed by atoms with van der Waals surface area (Å²) in [5.41, 5.74) is 2.26. The molecule has 0 radical (unpaired) electrons. The number of aromatic nitrogens is 2. The molecule has 9 heteroatoms. The highest BCUT2D eigenvalue weighted by atomic mass is 127. The van der Waals surface area contributed by atoms with E-state index in [-0.39, 0.29) is 30.1 Å². The van der Waals surface area contributed by atoms with Gasteiger partial charge in [-0.05, 0) is 37.7 Å². The lowest BCUT2D eigenvalue weighted by Gasteiger charge is -2.34. The van der Waals surface area contributed by atoms with Gasteiger partial charge in [-0.3, -0.25) is 4.68 Å². The van der Waals surface area contributed by atoms with Crippen LogP contribution in [0.5, 0.6) is 5.75 Å². The summed E-state index contributed by atoms with van der Waals surface area (Å²) in [6.45, 7) is 13.9. The second kappa shape index (κ2) is 14.4. The van der Waals surface area contributed by atoms with Crippen molar-refractivity contribution >= 4 is 29.9 Å². The Labute approximate surface area is 215 Å². The Kier molecular flexibility index (Phi) is 12.0. The number of aryl methyl sites for hydroxylation is 1. The maximum Gasteiger partial charge on any atom is 0.194 e. The Bertz CT molecular complexity index is 838. The molecule has 1 aliphatic heterocycles. The van der Waals surface area contributed by atoms with E-state index in [1.165, 1.54) is 0 Å². The van der Waals surface area contributed by atoms with Crippen LogP contribution >= 0.6 is 24.0 Å². The summed E-state index contributed by atoms with van der Waals surface area (Å²) in [6.07, 6.45) is 3.91. The molecule has 8 nitrogen and oxygen atoms in total. The van der Waals surface area contributed by atoms with Gasteiger partial charge in [0.15, 0.2) is 5.96 Å². The van der Waals surface area contributed by atoms with Gasteiger partial charge in [0.05, 0.1) is 25.9 Å². The zero-order valence-corrected chi connectivity index (χ0v) is 22.7. The van der Waals surface area contributed by atoms with Crippen molar-refractivity contribution in [2.45, 2.75) is 33.4 Å². The van der Waals surface area contributed by atoms with Gasteiger partial charge in [-0.25, -0.2) is 4.99 Å². The van der Waals surface area contributed by atoms with Crippen LogP contribution in [0, 0.1) is 0 Å². The summed E-state index contributed by atoms with van der Waals surface area (Å²) in [5.74, 6) is 1.83.